The van der Waals surface area contributed by atoms with Crippen LogP contribution in [0.25, 0.3) is 0 Å². The Morgan fingerprint density at radius 2 is 1.43 bits per heavy atom. The van der Waals surface area contributed by atoms with E-state index >= 15 is 0 Å². The summed E-state index contributed by atoms with van der Waals surface area (Å²) >= 11 is 0. The van der Waals surface area contributed by atoms with E-state index in [1.165, 1.54) is 4.31 Å². The van der Waals surface area contributed by atoms with Crippen LogP contribution in [0.4, 0.5) is 0 Å². The van der Waals surface area contributed by atoms with Gasteiger partial charge in [0.25, 0.3) is 0 Å². The Morgan fingerprint density at radius 1 is 1.00 bits per heavy atom. The summed E-state index contributed by atoms with van der Waals surface area (Å²) in [6, 6.07) is 14.2. The van der Waals surface area contributed by atoms with Gasteiger partial charge in [0.2, 0.25) is 15.9 Å². The first-order valence-corrected chi connectivity index (χ1v) is 11.0. The third kappa shape index (κ3) is 6.08. The SMILES string of the molecule is C=CCCC(C(N)=O)S(=O)(=O)N(Cc1ccc(OC)cc1)Cc1ccc(OC)cc1. The molecule has 1 amide bonds. The Balaban J connectivity index is 2.38. The first kappa shape index (κ1) is 23.4. The average Bonchev–Trinajstić information content (AvgIpc) is 2.74. The second-order valence-corrected chi connectivity index (χ2v) is 8.88. The van der Waals surface area contributed by atoms with Crippen molar-refractivity contribution >= 4 is 15.9 Å². The summed E-state index contributed by atoms with van der Waals surface area (Å²) in [6.07, 6.45) is 2.03. The van der Waals surface area contributed by atoms with Gasteiger partial charge < -0.3 is 15.2 Å². The summed E-state index contributed by atoms with van der Waals surface area (Å²) in [6.45, 7) is 3.79. The highest BCUT2D eigenvalue weighted by atomic mass is 32.2. The maximum absolute atomic E-state index is 13.4. The van der Waals surface area contributed by atoms with Crippen LogP contribution in [-0.4, -0.2) is 38.1 Å². The lowest BCUT2D eigenvalue weighted by Crippen LogP contribution is -2.44. The number of benzene rings is 2. The highest BCUT2D eigenvalue weighted by Crippen LogP contribution is 2.23. The molecule has 2 rings (SSSR count). The predicted molar refractivity (Wildman–Crippen MR) is 117 cm³/mol. The van der Waals surface area contributed by atoms with Gasteiger partial charge in [0.15, 0.2) is 5.25 Å². The second-order valence-electron chi connectivity index (χ2n) is 6.77. The van der Waals surface area contributed by atoms with Gasteiger partial charge in [-0.1, -0.05) is 30.3 Å². The smallest absolute Gasteiger partial charge is 0.237 e. The zero-order valence-corrected chi connectivity index (χ0v) is 18.1. The van der Waals surface area contributed by atoms with Crippen molar-refractivity contribution in [3.8, 4) is 11.5 Å². The van der Waals surface area contributed by atoms with Crippen LogP contribution < -0.4 is 15.2 Å². The minimum absolute atomic E-state index is 0.0862. The van der Waals surface area contributed by atoms with Crippen molar-refractivity contribution in [1.82, 2.24) is 4.31 Å². The van der Waals surface area contributed by atoms with Crippen molar-refractivity contribution < 1.29 is 22.7 Å². The highest BCUT2D eigenvalue weighted by Gasteiger charge is 2.35. The number of nitrogens with zero attached hydrogens (tertiary/aromatic N) is 1. The fraction of sp³-hybridized carbons (Fsp3) is 0.318. The molecular formula is C22H28N2O5S. The summed E-state index contributed by atoms with van der Waals surface area (Å²) in [4.78, 5) is 12.0. The van der Waals surface area contributed by atoms with Gasteiger partial charge in [-0.05, 0) is 48.2 Å². The third-order valence-corrected chi connectivity index (χ3v) is 6.87. The van der Waals surface area contributed by atoms with Crippen molar-refractivity contribution in [2.45, 2.75) is 31.2 Å². The Bertz CT molecular complexity index is 891. The standard InChI is InChI=1S/C22H28N2O5S/c1-4-5-6-21(22(23)25)30(26,27)24(15-17-7-11-19(28-2)12-8-17)16-18-9-13-20(29-3)14-10-18/h4,7-14,21H,1,5-6,15-16H2,2-3H3,(H2,23,25). The van der Waals surface area contributed by atoms with Gasteiger partial charge >= 0.3 is 0 Å². The number of allylic oxidation sites excluding steroid dienone is 1. The zero-order valence-electron chi connectivity index (χ0n) is 17.3. The molecule has 0 aliphatic heterocycles. The molecule has 2 aromatic carbocycles. The summed E-state index contributed by atoms with van der Waals surface area (Å²) < 4.78 is 38.4. The Labute approximate surface area is 178 Å². The fourth-order valence-corrected chi connectivity index (χ4v) is 4.74. The van der Waals surface area contributed by atoms with E-state index in [1.807, 2.05) is 0 Å². The van der Waals surface area contributed by atoms with Crippen LogP contribution in [0, 0.1) is 0 Å². The number of hydrogen-bond acceptors (Lipinski definition) is 5. The van der Waals surface area contributed by atoms with Gasteiger partial charge in [-0.2, -0.15) is 4.31 Å². The van der Waals surface area contributed by atoms with E-state index in [4.69, 9.17) is 15.2 Å². The van der Waals surface area contributed by atoms with E-state index in [-0.39, 0.29) is 19.5 Å². The minimum Gasteiger partial charge on any atom is -0.497 e. The molecule has 0 saturated carbocycles. The molecule has 0 spiro atoms. The monoisotopic (exact) mass is 432 g/mol. The lowest BCUT2D eigenvalue weighted by atomic mass is 10.2. The van der Waals surface area contributed by atoms with Gasteiger partial charge in [0.05, 0.1) is 14.2 Å². The first-order valence-electron chi connectivity index (χ1n) is 9.46. The molecule has 1 atom stereocenters. The van der Waals surface area contributed by atoms with Crippen LogP contribution in [0.2, 0.25) is 0 Å². The Hall–Kier alpha value is -2.84. The molecule has 0 saturated heterocycles. The molecule has 0 bridgehead atoms. The number of hydrogen-bond donors (Lipinski definition) is 1. The third-order valence-electron chi connectivity index (χ3n) is 4.71. The van der Waals surface area contributed by atoms with Crippen LogP contribution in [0.5, 0.6) is 11.5 Å². The van der Waals surface area contributed by atoms with E-state index in [0.717, 1.165) is 11.1 Å². The van der Waals surface area contributed by atoms with Crippen molar-refractivity contribution in [3.63, 3.8) is 0 Å². The van der Waals surface area contributed by atoms with Crippen LogP contribution >= 0.6 is 0 Å². The molecule has 0 heterocycles. The first-order chi connectivity index (χ1) is 14.3. The van der Waals surface area contributed by atoms with Crippen LogP contribution in [0.1, 0.15) is 24.0 Å². The molecule has 162 valence electrons. The lowest BCUT2D eigenvalue weighted by molar-refractivity contribution is -0.117. The predicted octanol–water partition coefficient (Wildman–Crippen LogP) is 2.86. The molecule has 1 unspecified atom stereocenters. The molecule has 7 nitrogen and oxygen atoms in total. The molecule has 0 aliphatic rings. The van der Waals surface area contributed by atoms with Gasteiger partial charge in [0.1, 0.15) is 11.5 Å². The number of methoxy groups -OCH3 is 2. The molecule has 0 aliphatic carbocycles. The zero-order chi connectivity index (χ0) is 22.1. The molecule has 30 heavy (non-hydrogen) atoms. The number of rotatable bonds is 12. The Morgan fingerprint density at radius 3 is 1.77 bits per heavy atom. The number of carbonyl (C=O) groups excluding carboxylic acids is 1. The molecule has 8 heteroatoms. The lowest BCUT2D eigenvalue weighted by Gasteiger charge is -2.26. The maximum Gasteiger partial charge on any atom is 0.237 e. The molecule has 2 N–H and O–H groups in total. The second kappa shape index (κ2) is 10.8. The highest BCUT2D eigenvalue weighted by molar-refractivity contribution is 7.90. The minimum atomic E-state index is -4.01. The number of amides is 1. The van der Waals surface area contributed by atoms with Gasteiger partial charge in [-0.3, -0.25) is 4.79 Å². The van der Waals surface area contributed by atoms with Gasteiger partial charge in [0, 0.05) is 13.1 Å². The normalized spacial score (nSPS) is 12.4. The summed E-state index contributed by atoms with van der Waals surface area (Å²) in [5.74, 6) is 0.472. The van der Waals surface area contributed by atoms with Crippen LogP contribution in [0.3, 0.4) is 0 Å². The fourth-order valence-electron chi connectivity index (χ4n) is 2.99. The van der Waals surface area contributed by atoms with E-state index in [2.05, 4.69) is 6.58 Å². The van der Waals surface area contributed by atoms with E-state index in [9.17, 15) is 13.2 Å². The van der Waals surface area contributed by atoms with Crippen molar-refractivity contribution in [1.29, 1.82) is 0 Å². The van der Waals surface area contributed by atoms with Crippen LogP contribution in [0.15, 0.2) is 61.2 Å². The topological polar surface area (TPSA) is 98.9 Å². The molecule has 0 fully saturated rings. The van der Waals surface area contributed by atoms with Crippen molar-refractivity contribution in [2.75, 3.05) is 14.2 Å². The number of sulfonamides is 1. The average molecular weight is 433 g/mol. The summed E-state index contributed by atoms with van der Waals surface area (Å²) in [7, 11) is -0.890. The number of primary amides is 1. The van der Waals surface area contributed by atoms with Crippen molar-refractivity contribution in [3.05, 3.63) is 72.3 Å². The molecular weight excluding hydrogens is 404 g/mol. The van der Waals surface area contributed by atoms with E-state index in [0.29, 0.717) is 17.9 Å². The number of nitrogens with two attached hydrogens (primary N) is 1. The molecule has 2 aromatic rings. The van der Waals surface area contributed by atoms with Gasteiger partial charge in [-0.15, -0.1) is 6.58 Å². The molecule has 0 aromatic heterocycles. The molecule has 0 radical (unpaired) electrons. The van der Waals surface area contributed by atoms with E-state index in [1.54, 1.807) is 68.8 Å². The Kier molecular flexibility index (Phi) is 8.44. The largest absolute Gasteiger partial charge is 0.497 e. The summed E-state index contributed by atoms with van der Waals surface area (Å²) in [5.41, 5.74) is 6.98. The van der Waals surface area contributed by atoms with Crippen LogP contribution in [-0.2, 0) is 27.9 Å². The number of ether oxygens (including phenoxy) is 2. The number of carbonyl (C=O) groups is 1. The maximum atomic E-state index is 13.4. The quantitative estimate of drug-likeness (QED) is 0.520. The summed E-state index contributed by atoms with van der Waals surface area (Å²) in [5, 5.41) is -1.33. The van der Waals surface area contributed by atoms with Crippen molar-refractivity contribution in [2.24, 2.45) is 5.73 Å². The van der Waals surface area contributed by atoms with Gasteiger partial charge in [-0.25, -0.2) is 8.42 Å². The van der Waals surface area contributed by atoms with E-state index < -0.39 is 21.2 Å².